The maximum atomic E-state index is 11.4. The van der Waals surface area contributed by atoms with E-state index in [0.29, 0.717) is 6.04 Å². The summed E-state index contributed by atoms with van der Waals surface area (Å²) in [5.74, 6) is 1.64. The van der Waals surface area contributed by atoms with Gasteiger partial charge in [0.05, 0.1) is 5.60 Å². The van der Waals surface area contributed by atoms with E-state index >= 15 is 0 Å². The van der Waals surface area contributed by atoms with E-state index in [2.05, 4.69) is 4.90 Å². The van der Waals surface area contributed by atoms with E-state index in [4.69, 9.17) is 4.74 Å². The van der Waals surface area contributed by atoms with Crippen LogP contribution in [0.1, 0.15) is 38.5 Å². The van der Waals surface area contributed by atoms with Gasteiger partial charge in [-0.2, -0.15) is 11.8 Å². The zero-order valence-corrected chi connectivity index (χ0v) is 12.2. The van der Waals surface area contributed by atoms with Gasteiger partial charge in [0, 0.05) is 18.4 Å². The molecule has 0 aromatic rings. The number of carbonyl (C=O) groups is 1. The van der Waals surface area contributed by atoms with Crippen LogP contribution in [0.15, 0.2) is 0 Å². The van der Waals surface area contributed by atoms with Crippen molar-refractivity contribution in [3.8, 4) is 0 Å². The Morgan fingerprint density at radius 2 is 2.26 bits per heavy atom. The molecular weight excluding hydrogens is 262 g/mol. The fraction of sp³-hybridized carbons (Fsp3) is 0.929. The fourth-order valence-electron chi connectivity index (χ4n) is 3.80. The van der Waals surface area contributed by atoms with Gasteiger partial charge in [0.25, 0.3) is 0 Å². The van der Waals surface area contributed by atoms with Crippen molar-refractivity contribution in [2.24, 2.45) is 0 Å². The summed E-state index contributed by atoms with van der Waals surface area (Å²) in [6, 6.07) is 0.150. The first kappa shape index (κ1) is 13.7. The molecule has 1 N–H and O–H groups in total. The molecule has 3 fully saturated rings. The quantitative estimate of drug-likeness (QED) is 0.841. The average molecular weight is 285 g/mol. The predicted molar refractivity (Wildman–Crippen MR) is 75.6 cm³/mol. The van der Waals surface area contributed by atoms with Crippen molar-refractivity contribution in [1.82, 2.24) is 4.90 Å². The van der Waals surface area contributed by atoms with E-state index in [1.54, 1.807) is 0 Å². The third-order valence-corrected chi connectivity index (χ3v) is 6.06. The molecule has 0 aromatic carbocycles. The van der Waals surface area contributed by atoms with Gasteiger partial charge in [0.2, 0.25) is 0 Å². The maximum absolute atomic E-state index is 11.4. The molecule has 0 radical (unpaired) electrons. The van der Waals surface area contributed by atoms with Crippen molar-refractivity contribution in [3.63, 3.8) is 0 Å². The summed E-state index contributed by atoms with van der Waals surface area (Å²) < 4.78 is 6.05. The molecule has 0 amide bonds. The number of ether oxygens (including phenoxy) is 1. The lowest BCUT2D eigenvalue weighted by Crippen LogP contribution is -2.55. The maximum Gasteiger partial charge on any atom is 0.320 e. The number of rotatable bonds is 2. The molecule has 3 rings (SSSR count). The Morgan fingerprint density at radius 3 is 3.00 bits per heavy atom. The second-order valence-corrected chi connectivity index (χ2v) is 7.17. The Hall–Kier alpha value is -0.260. The molecule has 19 heavy (non-hydrogen) atoms. The van der Waals surface area contributed by atoms with Crippen LogP contribution in [0.3, 0.4) is 0 Å². The molecule has 108 valence electrons. The number of carboxylic acids is 1. The van der Waals surface area contributed by atoms with E-state index in [-0.39, 0.29) is 11.6 Å². The first-order chi connectivity index (χ1) is 9.20. The van der Waals surface area contributed by atoms with E-state index in [1.165, 1.54) is 5.75 Å². The third kappa shape index (κ3) is 2.78. The highest BCUT2D eigenvalue weighted by molar-refractivity contribution is 7.99. The Labute approximate surface area is 118 Å². The molecule has 3 heterocycles. The predicted octanol–water partition coefficient (Wildman–Crippen LogP) is 1.98. The minimum atomic E-state index is -0.638. The molecule has 3 aliphatic rings. The van der Waals surface area contributed by atoms with Crippen LogP contribution in [-0.2, 0) is 9.53 Å². The number of nitrogens with zero attached hydrogens (tertiary/aromatic N) is 1. The molecule has 5 heteroatoms. The summed E-state index contributed by atoms with van der Waals surface area (Å²) in [6.45, 7) is 1.75. The zero-order valence-electron chi connectivity index (χ0n) is 11.3. The van der Waals surface area contributed by atoms with Crippen LogP contribution < -0.4 is 0 Å². The van der Waals surface area contributed by atoms with Gasteiger partial charge < -0.3 is 9.84 Å². The molecule has 0 aliphatic carbocycles. The standard InChI is InChI=1S/C14H23NO3S/c16-13(17)12-3-1-2-6-15(12)11-4-7-18-14(9-11)5-8-19-10-14/h11-12H,1-10H2,(H,16,17). The first-order valence-corrected chi connectivity index (χ1v) is 8.56. The van der Waals surface area contributed by atoms with Gasteiger partial charge in [-0.05, 0) is 44.4 Å². The van der Waals surface area contributed by atoms with Crippen LogP contribution in [0, 0.1) is 0 Å². The van der Waals surface area contributed by atoms with E-state index in [1.807, 2.05) is 11.8 Å². The molecule has 4 nitrogen and oxygen atoms in total. The molecule has 3 unspecified atom stereocenters. The smallest absolute Gasteiger partial charge is 0.320 e. The number of hydrogen-bond donors (Lipinski definition) is 1. The number of thioether (sulfide) groups is 1. The number of carboxylic acid groups (broad SMARTS) is 1. The van der Waals surface area contributed by atoms with Gasteiger partial charge >= 0.3 is 5.97 Å². The molecule has 0 saturated carbocycles. The van der Waals surface area contributed by atoms with E-state index in [9.17, 15) is 9.90 Å². The zero-order chi connectivity index (χ0) is 13.3. The second kappa shape index (κ2) is 5.62. The summed E-state index contributed by atoms with van der Waals surface area (Å²) in [4.78, 5) is 13.7. The second-order valence-electron chi connectivity index (χ2n) is 6.07. The van der Waals surface area contributed by atoms with Crippen molar-refractivity contribution in [2.45, 2.75) is 56.2 Å². The number of aliphatic carboxylic acids is 1. The monoisotopic (exact) mass is 285 g/mol. The van der Waals surface area contributed by atoms with Crippen LogP contribution in [0.25, 0.3) is 0 Å². The molecule has 0 aromatic heterocycles. The number of piperidine rings is 1. The van der Waals surface area contributed by atoms with Crippen molar-refractivity contribution < 1.29 is 14.6 Å². The SMILES string of the molecule is O=C(O)C1CCCCN1C1CCOC2(CCSC2)C1. The molecule has 0 bridgehead atoms. The number of hydrogen-bond acceptors (Lipinski definition) is 4. The number of likely N-dealkylation sites (tertiary alicyclic amines) is 1. The Bertz CT molecular complexity index is 344. The lowest BCUT2D eigenvalue weighted by atomic mass is 9.87. The third-order valence-electron chi connectivity index (χ3n) is 4.83. The minimum absolute atomic E-state index is 0.0497. The van der Waals surface area contributed by atoms with Crippen LogP contribution in [-0.4, -0.2) is 58.3 Å². The highest BCUT2D eigenvalue weighted by Crippen LogP contribution is 2.40. The van der Waals surface area contributed by atoms with Gasteiger partial charge in [-0.1, -0.05) is 6.42 Å². The van der Waals surface area contributed by atoms with Gasteiger partial charge in [-0.25, -0.2) is 0 Å². The molecule has 1 spiro atoms. The summed E-state index contributed by atoms with van der Waals surface area (Å²) in [5.41, 5.74) is 0.0497. The van der Waals surface area contributed by atoms with Crippen molar-refractivity contribution in [2.75, 3.05) is 24.7 Å². The van der Waals surface area contributed by atoms with Gasteiger partial charge in [0.1, 0.15) is 6.04 Å². The van der Waals surface area contributed by atoms with Crippen LogP contribution >= 0.6 is 11.8 Å². The summed E-state index contributed by atoms with van der Waals surface area (Å²) in [7, 11) is 0. The lowest BCUT2D eigenvalue weighted by Gasteiger charge is -2.46. The van der Waals surface area contributed by atoms with Crippen LogP contribution in [0.4, 0.5) is 0 Å². The van der Waals surface area contributed by atoms with Crippen molar-refractivity contribution in [3.05, 3.63) is 0 Å². The summed E-state index contributed by atoms with van der Waals surface area (Å²) in [6.07, 6.45) is 6.18. The minimum Gasteiger partial charge on any atom is -0.480 e. The normalized spacial score (nSPS) is 40.6. The van der Waals surface area contributed by atoms with Crippen molar-refractivity contribution >= 4 is 17.7 Å². The first-order valence-electron chi connectivity index (χ1n) is 7.40. The Balaban J connectivity index is 1.71. The molecule has 3 aliphatic heterocycles. The summed E-state index contributed by atoms with van der Waals surface area (Å²) in [5, 5.41) is 9.42. The summed E-state index contributed by atoms with van der Waals surface area (Å²) >= 11 is 1.98. The van der Waals surface area contributed by atoms with Crippen LogP contribution in [0.2, 0.25) is 0 Å². The topological polar surface area (TPSA) is 49.8 Å². The van der Waals surface area contributed by atoms with Crippen molar-refractivity contribution in [1.29, 1.82) is 0 Å². The highest BCUT2D eigenvalue weighted by Gasteiger charge is 2.44. The molecular formula is C14H23NO3S. The lowest BCUT2D eigenvalue weighted by molar-refractivity contribution is -0.150. The van der Waals surface area contributed by atoms with E-state index in [0.717, 1.165) is 57.4 Å². The van der Waals surface area contributed by atoms with Gasteiger partial charge in [-0.3, -0.25) is 9.69 Å². The highest BCUT2D eigenvalue weighted by atomic mass is 32.2. The van der Waals surface area contributed by atoms with Gasteiger partial charge in [0.15, 0.2) is 0 Å². The van der Waals surface area contributed by atoms with Gasteiger partial charge in [-0.15, -0.1) is 0 Å². The average Bonchev–Trinajstić information content (AvgIpc) is 2.86. The fourth-order valence-corrected chi connectivity index (χ4v) is 5.18. The Kier molecular flexibility index (Phi) is 4.06. The largest absolute Gasteiger partial charge is 0.480 e. The Morgan fingerprint density at radius 1 is 1.37 bits per heavy atom. The van der Waals surface area contributed by atoms with Crippen LogP contribution in [0.5, 0.6) is 0 Å². The molecule has 3 saturated heterocycles. The molecule has 3 atom stereocenters. The van der Waals surface area contributed by atoms with E-state index < -0.39 is 5.97 Å².